The lowest BCUT2D eigenvalue weighted by Gasteiger charge is -2.07. The number of phenolic OH excluding ortho intramolecular Hbond substituents is 1. The molecule has 2 aromatic carbocycles. The number of rotatable bonds is 3. The zero-order valence-electron chi connectivity index (χ0n) is 11.9. The number of amides is 1. The van der Waals surface area contributed by atoms with Gasteiger partial charge in [-0.05, 0) is 34.1 Å². The van der Waals surface area contributed by atoms with Crippen molar-refractivity contribution < 1.29 is 23.2 Å². The van der Waals surface area contributed by atoms with Gasteiger partial charge in [-0.25, -0.2) is 8.78 Å². The summed E-state index contributed by atoms with van der Waals surface area (Å²) < 4.78 is 31.9. The maximum atomic E-state index is 13.7. The molecule has 0 aliphatic rings. The molecule has 2 N–H and O–H groups in total. The first kappa shape index (κ1) is 16.1. The van der Waals surface area contributed by atoms with E-state index in [-0.39, 0.29) is 27.4 Å². The molecule has 5 nitrogen and oxygen atoms in total. The summed E-state index contributed by atoms with van der Waals surface area (Å²) in [7, 11) is 0. The molecule has 0 bridgehead atoms. The van der Waals surface area contributed by atoms with E-state index >= 15 is 0 Å². The number of aromatic hydroxyl groups is 1. The number of nitrogens with one attached hydrogen (secondary N) is 1. The highest BCUT2D eigenvalue weighted by Gasteiger charge is 2.18. The van der Waals surface area contributed by atoms with Gasteiger partial charge >= 0.3 is 0 Å². The van der Waals surface area contributed by atoms with Crippen LogP contribution in [0.4, 0.5) is 14.5 Å². The van der Waals surface area contributed by atoms with Gasteiger partial charge < -0.3 is 14.9 Å². The smallest absolute Gasteiger partial charge is 0.277 e. The number of phenols is 1. The largest absolute Gasteiger partial charge is 0.507 e. The van der Waals surface area contributed by atoms with Crippen molar-refractivity contribution in [2.45, 2.75) is 0 Å². The summed E-state index contributed by atoms with van der Waals surface area (Å²) in [4.78, 5) is 12.2. The molecule has 3 aromatic rings. The molecule has 8 heteroatoms. The summed E-state index contributed by atoms with van der Waals surface area (Å²) in [5.74, 6) is -2.31. The van der Waals surface area contributed by atoms with Crippen molar-refractivity contribution in [3.05, 3.63) is 64.3 Å². The van der Waals surface area contributed by atoms with Crippen molar-refractivity contribution >= 4 is 27.5 Å². The molecule has 0 spiro atoms. The lowest BCUT2D eigenvalue weighted by atomic mass is 10.1. The maximum Gasteiger partial charge on any atom is 0.277 e. The molecule has 0 radical (unpaired) electrons. The van der Waals surface area contributed by atoms with Crippen LogP contribution in [0.1, 0.15) is 10.5 Å². The number of carbonyl (C=O) groups excluding carboxylic acids is 1. The van der Waals surface area contributed by atoms with E-state index in [9.17, 15) is 18.7 Å². The molecule has 0 unspecified atom stereocenters. The number of benzene rings is 2. The molecule has 122 valence electrons. The topological polar surface area (TPSA) is 75.4 Å². The zero-order valence-corrected chi connectivity index (χ0v) is 13.5. The highest BCUT2D eigenvalue weighted by atomic mass is 79.9. The van der Waals surface area contributed by atoms with Gasteiger partial charge in [-0.3, -0.25) is 4.79 Å². The number of hydrogen-bond acceptors (Lipinski definition) is 4. The predicted molar refractivity (Wildman–Crippen MR) is 85.6 cm³/mol. The standard InChI is InChI=1S/C16H9BrF2N2O3/c17-10-5-8(18)6-11(19)15(10)20-16(23)12-7-14(24-21-12)9-3-1-2-4-13(9)22/h1-7,22H,(H,20,23). The Kier molecular flexibility index (Phi) is 4.30. The van der Waals surface area contributed by atoms with E-state index < -0.39 is 17.5 Å². The molecule has 0 saturated carbocycles. The van der Waals surface area contributed by atoms with Crippen molar-refractivity contribution in [3.63, 3.8) is 0 Å². The first-order valence-corrected chi connectivity index (χ1v) is 7.46. The minimum atomic E-state index is -0.931. The van der Waals surface area contributed by atoms with Crippen LogP contribution in [0.5, 0.6) is 5.75 Å². The molecule has 24 heavy (non-hydrogen) atoms. The maximum absolute atomic E-state index is 13.7. The molecule has 1 aromatic heterocycles. The number of hydrogen-bond donors (Lipinski definition) is 2. The van der Waals surface area contributed by atoms with Gasteiger partial charge in [-0.15, -0.1) is 0 Å². The quantitative estimate of drug-likeness (QED) is 0.692. The Bertz CT molecular complexity index is 904. The van der Waals surface area contributed by atoms with E-state index in [0.717, 1.165) is 6.07 Å². The molecule has 0 aliphatic carbocycles. The first-order valence-electron chi connectivity index (χ1n) is 6.66. The van der Waals surface area contributed by atoms with Crippen molar-refractivity contribution in [1.29, 1.82) is 0 Å². The highest BCUT2D eigenvalue weighted by Crippen LogP contribution is 2.30. The van der Waals surface area contributed by atoms with Gasteiger partial charge in [-0.1, -0.05) is 17.3 Å². The van der Waals surface area contributed by atoms with Gasteiger partial charge in [0.25, 0.3) is 5.91 Å². The van der Waals surface area contributed by atoms with Gasteiger partial charge in [0.2, 0.25) is 0 Å². The minimum Gasteiger partial charge on any atom is -0.507 e. The fraction of sp³-hybridized carbons (Fsp3) is 0. The molecule has 0 saturated heterocycles. The van der Waals surface area contributed by atoms with Crippen molar-refractivity contribution in [2.24, 2.45) is 0 Å². The molecule has 0 atom stereocenters. The van der Waals surface area contributed by atoms with E-state index in [1.54, 1.807) is 18.2 Å². The average molecular weight is 395 g/mol. The normalized spacial score (nSPS) is 10.6. The lowest BCUT2D eigenvalue weighted by Crippen LogP contribution is -2.14. The van der Waals surface area contributed by atoms with Gasteiger partial charge in [0.15, 0.2) is 17.3 Å². The SMILES string of the molecule is O=C(Nc1c(F)cc(F)cc1Br)c1cc(-c2ccccc2O)on1. The molecule has 0 aliphatic heterocycles. The van der Waals surface area contributed by atoms with E-state index in [1.165, 1.54) is 12.1 Å². The van der Waals surface area contributed by atoms with Crippen LogP contribution in [0.3, 0.4) is 0 Å². The molecular formula is C16H9BrF2N2O3. The van der Waals surface area contributed by atoms with Crippen LogP contribution in [-0.4, -0.2) is 16.2 Å². The average Bonchev–Trinajstić information content (AvgIpc) is 3.01. The second-order valence-electron chi connectivity index (χ2n) is 4.79. The molecule has 0 fully saturated rings. The van der Waals surface area contributed by atoms with Crippen LogP contribution in [-0.2, 0) is 0 Å². The fourth-order valence-electron chi connectivity index (χ4n) is 2.03. The Morgan fingerprint density at radius 3 is 2.67 bits per heavy atom. The summed E-state index contributed by atoms with van der Waals surface area (Å²) in [6, 6.07) is 9.35. The Hall–Kier alpha value is -2.74. The van der Waals surface area contributed by atoms with Crippen LogP contribution in [0.15, 0.2) is 51.5 Å². The molecular weight excluding hydrogens is 386 g/mol. The van der Waals surface area contributed by atoms with Crippen LogP contribution in [0.2, 0.25) is 0 Å². The first-order chi connectivity index (χ1) is 11.5. The van der Waals surface area contributed by atoms with Gasteiger partial charge in [0.05, 0.1) is 11.3 Å². The predicted octanol–water partition coefficient (Wildman–Crippen LogP) is 4.34. The van der Waals surface area contributed by atoms with Crippen LogP contribution in [0.25, 0.3) is 11.3 Å². The molecule has 3 rings (SSSR count). The number of anilines is 1. The Labute approximate surface area is 143 Å². The molecule has 1 heterocycles. The third-order valence-corrected chi connectivity index (χ3v) is 3.78. The van der Waals surface area contributed by atoms with Gasteiger partial charge in [0.1, 0.15) is 11.6 Å². The Morgan fingerprint density at radius 2 is 1.96 bits per heavy atom. The Balaban J connectivity index is 1.86. The van der Waals surface area contributed by atoms with Crippen LogP contribution >= 0.6 is 15.9 Å². The summed E-state index contributed by atoms with van der Waals surface area (Å²) >= 11 is 2.98. The summed E-state index contributed by atoms with van der Waals surface area (Å²) in [6.45, 7) is 0. The van der Waals surface area contributed by atoms with Gasteiger partial charge in [-0.2, -0.15) is 0 Å². The molecule has 1 amide bonds. The summed E-state index contributed by atoms with van der Waals surface area (Å²) in [6.07, 6.45) is 0. The van der Waals surface area contributed by atoms with Crippen molar-refractivity contribution in [1.82, 2.24) is 5.16 Å². The zero-order chi connectivity index (χ0) is 17.3. The van der Waals surface area contributed by atoms with Crippen molar-refractivity contribution in [3.8, 4) is 17.1 Å². The number of carbonyl (C=O) groups is 1. The third-order valence-electron chi connectivity index (χ3n) is 3.16. The summed E-state index contributed by atoms with van der Waals surface area (Å²) in [5, 5.41) is 15.7. The number of para-hydroxylation sites is 1. The number of nitrogens with zero attached hydrogens (tertiary/aromatic N) is 1. The Morgan fingerprint density at radius 1 is 1.21 bits per heavy atom. The van der Waals surface area contributed by atoms with E-state index in [4.69, 9.17) is 4.52 Å². The van der Waals surface area contributed by atoms with Crippen molar-refractivity contribution in [2.75, 3.05) is 5.32 Å². The fourth-order valence-corrected chi connectivity index (χ4v) is 2.54. The van der Waals surface area contributed by atoms with Crippen LogP contribution in [0, 0.1) is 11.6 Å². The summed E-state index contributed by atoms with van der Waals surface area (Å²) in [5.41, 5.74) is 0.0237. The third kappa shape index (κ3) is 3.13. The highest BCUT2D eigenvalue weighted by molar-refractivity contribution is 9.10. The second kappa shape index (κ2) is 6.40. The van der Waals surface area contributed by atoms with Gasteiger partial charge in [0, 0.05) is 16.6 Å². The lowest BCUT2D eigenvalue weighted by molar-refractivity contribution is 0.101. The van der Waals surface area contributed by atoms with E-state index in [0.29, 0.717) is 11.6 Å². The number of halogens is 3. The van der Waals surface area contributed by atoms with E-state index in [1.807, 2.05) is 0 Å². The van der Waals surface area contributed by atoms with Crippen LogP contribution < -0.4 is 5.32 Å². The number of aromatic nitrogens is 1. The minimum absolute atomic E-state index is 0.0343. The second-order valence-corrected chi connectivity index (χ2v) is 5.65. The monoisotopic (exact) mass is 394 g/mol. The van der Waals surface area contributed by atoms with E-state index in [2.05, 4.69) is 26.4 Å².